The van der Waals surface area contributed by atoms with E-state index in [1.807, 2.05) is 0 Å². The van der Waals surface area contributed by atoms with Crippen LogP contribution in [0.5, 0.6) is 0 Å². The van der Waals surface area contributed by atoms with Crippen molar-refractivity contribution >= 4 is 10.2 Å². The lowest BCUT2D eigenvalue weighted by Crippen LogP contribution is -2.40. The van der Waals surface area contributed by atoms with Crippen molar-refractivity contribution in [2.75, 3.05) is 13.1 Å². The van der Waals surface area contributed by atoms with Gasteiger partial charge in [0.15, 0.2) is 0 Å². The Bertz CT molecular complexity index is 370. The number of aromatic amines is 1. The third kappa shape index (κ3) is 3.26. The van der Waals surface area contributed by atoms with E-state index < -0.39 is 10.2 Å². The van der Waals surface area contributed by atoms with Crippen LogP contribution in [0.3, 0.4) is 0 Å². The molecule has 15 heavy (non-hydrogen) atoms. The van der Waals surface area contributed by atoms with Gasteiger partial charge in [-0.05, 0) is 0 Å². The maximum atomic E-state index is 11.6. The standard InChI is InChI=1S/C7H15N5O2S/c1-3-12(4-2)15(13,14)10-5-7-8-6-9-11-7/h6,10H,3-5H2,1-2H3,(H,8,9,11). The second kappa shape index (κ2) is 5.19. The van der Waals surface area contributed by atoms with Gasteiger partial charge in [0.1, 0.15) is 12.2 Å². The Morgan fingerprint density at radius 2 is 2.13 bits per heavy atom. The number of rotatable bonds is 6. The summed E-state index contributed by atoms with van der Waals surface area (Å²) in [6.45, 7) is 4.59. The van der Waals surface area contributed by atoms with Crippen LogP contribution in [0.4, 0.5) is 0 Å². The third-order valence-corrected chi connectivity index (χ3v) is 3.64. The Labute approximate surface area is 89.1 Å². The van der Waals surface area contributed by atoms with Crippen LogP contribution in [0.2, 0.25) is 0 Å². The SMILES string of the molecule is CCN(CC)S(=O)(=O)NCc1ncn[nH]1. The van der Waals surface area contributed by atoms with Gasteiger partial charge in [0.25, 0.3) is 10.2 Å². The molecular weight excluding hydrogens is 218 g/mol. The summed E-state index contributed by atoms with van der Waals surface area (Å²) in [5.74, 6) is 0.491. The summed E-state index contributed by atoms with van der Waals surface area (Å²) in [4.78, 5) is 3.82. The molecule has 8 heteroatoms. The van der Waals surface area contributed by atoms with Gasteiger partial charge in [-0.25, -0.2) is 4.98 Å². The average molecular weight is 233 g/mol. The molecular formula is C7H15N5O2S. The zero-order valence-corrected chi connectivity index (χ0v) is 9.58. The molecule has 0 amide bonds. The van der Waals surface area contributed by atoms with Crippen molar-refractivity contribution in [1.82, 2.24) is 24.2 Å². The molecule has 0 fully saturated rings. The van der Waals surface area contributed by atoms with Gasteiger partial charge >= 0.3 is 0 Å². The Hall–Kier alpha value is -0.990. The number of H-pyrrole nitrogens is 1. The smallest absolute Gasteiger partial charge is 0.262 e. The van der Waals surface area contributed by atoms with E-state index in [4.69, 9.17) is 0 Å². The van der Waals surface area contributed by atoms with E-state index in [9.17, 15) is 8.42 Å². The fourth-order valence-electron chi connectivity index (χ4n) is 1.13. The number of nitrogens with zero attached hydrogens (tertiary/aromatic N) is 3. The predicted molar refractivity (Wildman–Crippen MR) is 55.1 cm³/mol. The molecule has 0 bridgehead atoms. The zero-order valence-electron chi connectivity index (χ0n) is 8.77. The van der Waals surface area contributed by atoms with Crippen molar-refractivity contribution in [3.05, 3.63) is 12.2 Å². The number of aromatic nitrogens is 3. The molecule has 0 spiro atoms. The molecule has 1 aromatic rings. The van der Waals surface area contributed by atoms with Crippen molar-refractivity contribution in [3.8, 4) is 0 Å². The van der Waals surface area contributed by atoms with Crippen molar-refractivity contribution in [2.24, 2.45) is 0 Å². The van der Waals surface area contributed by atoms with Crippen molar-refractivity contribution in [3.63, 3.8) is 0 Å². The van der Waals surface area contributed by atoms with Gasteiger partial charge < -0.3 is 0 Å². The van der Waals surface area contributed by atoms with Gasteiger partial charge in [0.2, 0.25) is 0 Å². The van der Waals surface area contributed by atoms with Crippen molar-refractivity contribution < 1.29 is 8.42 Å². The topological polar surface area (TPSA) is 91.0 Å². The Kier molecular flexibility index (Phi) is 4.18. The van der Waals surface area contributed by atoms with Crippen molar-refractivity contribution in [1.29, 1.82) is 0 Å². The van der Waals surface area contributed by atoms with E-state index in [-0.39, 0.29) is 6.54 Å². The van der Waals surface area contributed by atoms with Crippen LogP contribution in [0.25, 0.3) is 0 Å². The minimum Gasteiger partial charge on any atom is -0.262 e. The van der Waals surface area contributed by atoms with Crippen LogP contribution in [-0.2, 0) is 16.8 Å². The summed E-state index contributed by atoms with van der Waals surface area (Å²) in [5, 5.41) is 6.20. The molecule has 0 saturated heterocycles. The largest absolute Gasteiger partial charge is 0.279 e. The van der Waals surface area contributed by atoms with Crippen LogP contribution in [0.15, 0.2) is 6.33 Å². The van der Waals surface area contributed by atoms with E-state index in [2.05, 4.69) is 19.9 Å². The highest BCUT2D eigenvalue weighted by Gasteiger charge is 2.17. The summed E-state index contributed by atoms with van der Waals surface area (Å²) < 4.78 is 27.0. The first-order chi connectivity index (χ1) is 7.10. The maximum absolute atomic E-state index is 11.6. The highest BCUT2D eigenvalue weighted by Crippen LogP contribution is 1.97. The van der Waals surface area contributed by atoms with Crippen LogP contribution in [0.1, 0.15) is 19.7 Å². The monoisotopic (exact) mass is 233 g/mol. The van der Waals surface area contributed by atoms with Gasteiger partial charge in [-0.15, -0.1) is 0 Å². The van der Waals surface area contributed by atoms with Crippen LogP contribution < -0.4 is 4.72 Å². The Morgan fingerprint density at radius 1 is 1.47 bits per heavy atom. The fraction of sp³-hybridized carbons (Fsp3) is 0.714. The van der Waals surface area contributed by atoms with Gasteiger partial charge in [0.05, 0.1) is 6.54 Å². The number of nitrogens with one attached hydrogen (secondary N) is 2. The lowest BCUT2D eigenvalue weighted by molar-refractivity contribution is 0.434. The molecule has 0 aliphatic heterocycles. The molecule has 0 aliphatic carbocycles. The Morgan fingerprint density at radius 3 is 2.60 bits per heavy atom. The molecule has 0 unspecified atom stereocenters. The highest BCUT2D eigenvalue weighted by molar-refractivity contribution is 7.87. The lowest BCUT2D eigenvalue weighted by atomic mass is 10.6. The van der Waals surface area contributed by atoms with Gasteiger partial charge in [-0.2, -0.15) is 22.5 Å². The molecule has 1 aromatic heterocycles. The van der Waals surface area contributed by atoms with E-state index in [0.29, 0.717) is 18.9 Å². The molecule has 0 aliphatic rings. The van der Waals surface area contributed by atoms with Gasteiger partial charge in [-0.3, -0.25) is 5.10 Å². The molecule has 1 heterocycles. The maximum Gasteiger partial charge on any atom is 0.279 e. The van der Waals surface area contributed by atoms with E-state index in [1.165, 1.54) is 10.6 Å². The molecule has 2 N–H and O–H groups in total. The summed E-state index contributed by atoms with van der Waals surface area (Å²) in [6.07, 6.45) is 1.33. The summed E-state index contributed by atoms with van der Waals surface area (Å²) in [5.41, 5.74) is 0. The van der Waals surface area contributed by atoms with E-state index >= 15 is 0 Å². The molecule has 86 valence electrons. The average Bonchev–Trinajstić information content (AvgIpc) is 2.69. The predicted octanol–water partition coefficient (Wildman–Crippen LogP) is -0.519. The zero-order chi connectivity index (χ0) is 11.3. The lowest BCUT2D eigenvalue weighted by Gasteiger charge is -2.18. The highest BCUT2D eigenvalue weighted by atomic mass is 32.2. The summed E-state index contributed by atoms with van der Waals surface area (Å²) in [7, 11) is -3.40. The first kappa shape index (κ1) is 12.1. The first-order valence-electron chi connectivity index (χ1n) is 4.69. The summed E-state index contributed by atoms with van der Waals surface area (Å²) >= 11 is 0. The van der Waals surface area contributed by atoms with Gasteiger partial charge in [-0.1, -0.05) is 13.8 Å². The number of hydrogen-bond donors (Lipinski definition) is 2. The normalized spacial score (nSPS) is 12.2. The summed E-state index contributed by atoms with van der Waals surface area (Å²) in [6, 6.07) is 0. The minimum absolute atomic E-state index is 0.124. The molecule has 7 nitrogen and oxygen atoms in total. The Balaban J connectivity index is 2.57. The van der Waals surface area contributed by atoms with E-state index in [0.717, 1.165) is 0 Å². The second-order valence-corrected chi connectivity index (χ2v) is 4.60. The van der Waals surface area contributed by atoms with Crippen LogP contribution >= 0.6 is 0 Å². The quantitative estimate of drug-likeness (QED) is 0.691. The fourth-order valence-corrected chi connectivity index (χ4v) is 2.31. The molecule has 0 saturated carbocycles. The third-order valence-electron chi connectivity index (χ3n) is 1.93. The van der Waals surface area contributed by atoms with Gasteiger partial charge in [0, 0.05) is 13.1 Å². The minimum atomic E-state index is -3.40. The van der Waals surface area contributed by atoms with Crippen LogP contribution in [0, 0.1) is 0 Å². The number of hydrogen-bond acceptors (Lipinski definition) is 4. The van der Waals surface area contributed by atoms with E-state index in [1.54, 1.807) is 13.8 Å². The molecule has 0 radical (unpaired) electrons. The second-order valence-electron chi connectivity index (χ2n) is 2.84. The molecule has 1 rings (SSSR count). The molecule has 0 atom stereocenters. The molecule has 0 aromatic carbocycles. The van der Waals surface area contributed by atoms with Crippen LogP contribution in [-0.4, -0.2) is 41.0 Å². The van der Waals surface area contributed by atoms with Crippen molar-refractivity contribution in [2.45, 2.75) is 20.4 Å². The first-order valence-corrected chi connectivity index (χ1v) is 6.13.